The molecule has 5 nitrogen and oxygen atoms in total. The number of likely N-dealkylation sites (N-methyl/N-ethyl adjacent to an activating group) is 1. The smallest absolute Gasteiger partial charge is 0.258 e. The summed E-state index contributed by atoms with van der Waals surface area (Å²) in [4.78, 5) is 15.3. The van der Waals surface area contributed by atoms with Crippen LogP contribution in [-0.2, 0) is 26.6 Å². The molecule has 0 atom stereocenters. The van der Waals surface area contributed by atoms with Crippen LogP contribution in [-0.4, -0.2) is 27.1 Å². The Morgan fingerprint density at radius 2 is 1.87 bits per heavy atom. The maximum absolute atomic E-state index is 12.8. The van der Waals surface area contributed by atoms with Gasteiger partial charge >= 0.3 is 0 Å². The van der Waals surface area contributed by atoms with Gasteiger partial charge in [-0.05, 0) is 35.9 Å². The quantitative estimate of drug-likeness (QED) is 0.490. The number of aromatic nitrogens is 2. The van der Waals surface area contributed by atoms with Crippen molar-refractivity contribution in [3.63, 3.8) is 0 Å². The van der Waals surface area contributed by atoms with Gasteiger partial charge in [0, 0.05) is 49.9 Å². The molecule has 5 heteroatoms. The van der Waals surface area contributed by atoms with Gasteiger partial charge in [0.05, 0.1) is 11.2 Å². The number of hydrogen-bond acceptors (Lipinski definition) is 3. The number of aryl methyl sites for hydroxylation is 1. The van der Waals surface area contributed by atoms with Crippen LogP contribution in [0.5, 0.6) is 5.75 Å². The summed E-state index contributed by atoms with van der Waals surface area (Å²) in [7, 11) is 2.13. The van der Waals surface area contributed by atoms with Gasteiger partial charge in [0.15, 0.2) is 0 Å². The van der Waals surface area contributed by atoms with Crippen molar-refractivity contribution in [3.05, 3.63) is 94.0 Å². The molecular formula is C26H27N3O2. The molecule has 158 valence electrons. The molecule has 1 aliphatic rings. The number of rotatable bonds is 5. The van der Waals surface area contributed by atoms with Gasteiger partial charge in [-0.3, -0.25) is 14.3 Å². The zero-order valence-electron chi connectivity index (χ0n) is 18.0. The number of benzene rings is 2. The lowest BCUT2D eigenvalue weighted by atomic mass is 10.0. The minimum absolute atomic E-state index is 0.0963. The molecule has 31 heavy (non-hydrogen) atoms. The van der Waals surface area contributed by atoms with Crippen LogP contribution >= 0.6 is 0 Å². The summed E-state index contributed by atoms with van der Waals surface area (Å²) < 4.78 is 9.78. The van der Waals surface area contributed by atoms with E-state index in [0.29, 0.717) is 12.4 Å². The van der Waals surface area contributed by atoms with E-state index in [-0.39, 0.29) is 5.56 Å². The van der Waals surface area contributed by atoms with Gasteiger partial charge in [0.1, 0.15) is 12.4 Å². The van der Waals surface area contributed by atoms with Crippen molar-refractivity contribution < 1.29 is 4.74 Å². The Morgan fingerprint density at radius 3 is 2.65 bits per heavy atom. The topological polar surface area (TPSA) is 39.4 Å². The second-order valence-corrected chi connectivity index (χ2v) is 8.15. The van der Waals surface area contributed by atoms with Gasteiger partial charge in [-0.1, -0.05) is 43.3 Å². The largest absolute Gasteiger partial charge is 0.489 e. The molecule has 1 aliphatic heterocycles. The Bertz CT molecular complexity index is 1290. The van der Waals surface area contributed by atoms with E-state index in [0.717, 1.165) is 37.3 Å². The molecule has 0 bridgehead atoms. The van der Waals surface area contributed by atoms with Crippen LogP contribution in [0.4, 0.5) is 0 Å². The van der Waals surface area contributed by atoms with E-state index in [1.54, 1.807) is 16.8 Å². The molecule has 2 aromatic carbocycles. The van der Waals surface area contributed by atoms with E-state index < -0.39 is 0 Å². The molecule has 0 radical (unpaired) electrons. The molecule has 0 spiro atoms. The van der Waals surface area contributed by atoms with Crippen LogP contribution in [0.1, 0.15) is 23.7 Å². The van der Waals surface area contributed by atoms with Gasteiger partial charge in [-0.2, -0.15) is 0 Å². The van der Waals surface area contributed by atoms with Crippen LogP contribution in [0, 0.1) is 0 Å². The maximum atomic E-state index is 12.8. The Hall–Kier alpha value is -3.31. The Labute approximate surface area is 182 Å². The number of fused-ring (bicyclic) bond motifs is 3. The minimum atomic E-state index is -0.0963. The van der Waals surface area contributed by atoms with Crippen molar-refractivity contribution in [3.8, 4) is 11.4 Å². The first-order valence-electron chi connectivity index (χ1n) is 10.9. The van der Waals surface area contributed by atoms with Gasteiger partial charge in [-0.15, -0.1) is 0 Å². The second kappa shape index (κ2) is 8.08. The number of nitrogens with zero attached hydrogens (tertiary/aromatic N) is 3. The number of hydrogen-bond donors (Lipinski definition) is 0. The monoisotopic (exact) mass is 413 g/mol. The second-order valence-electron chi connectivity index (χ2n) is 8.15. The standard InChI is InChI=1S/C26H27N3O2/c1-3-28-13-12-24-23(17-28)22-10-9-20(15-25(22)27(24)2)29-14-11-21(16-26(29)30)31-18-19-7-5-4-6-8-19/h4-11,14-16H,3,12-13,17-18H2,1-2H3. The molecule has 5 rings (SSSR count). The zero-order chi connectivity index (χ0) is 21.4. The first-order valence-corrected chi connectivity index (χ1v) is 10.9. The number of ether oxygens (including phenoxy) is 1. The number of pyridine rings is 1. The van der Waals surface area contributed by atoms with Gasteiger partial charge in [-0.25, -0.2) is 0 Å². The Balaban J connectivity index is 1.44. The van der Waals surface area contributed by atoms with Crippen LogP contribution in [0.15, 0.2) is 71.7 Å². The van der Waals surface area contributed by atoms with Gasteiger partial charge in [0.2, 0.25) is 0 Å². The Morgan fingerprint density at radius 1 is 1.03 bits per heavy atom. The summed E-state index contributed by atoms with van der Waals surface area (Å²) in [5.74, 6) is 0.583. The summed E-state index contributed by atoms with van der Waals surface area (Å²) in [5.41, 5.74) is 5.87. The first-order chi connectivity index (χ1) is 15.1. The van der Waals surface area contributed by atoms with E-state index >= 15 is 0 Å². The van der Waals surface area contributed by atoms with E-state index in [2.05, 4.69) is 35.6 Å². The zero-order valence-corrected chi connectivity index (χ0v) is 18.0. The molecule has 0 fully saturated rings. The predicted molar refractivity (Wildman–Crippen MR) is 124 cm³/mol. The van der Waals surface area contributed by atoms with Crippen molar-refractivity contribution >= 4 is 10.9 Å². The van der Waals surface area contributed by atoms with Gasteiger partial charge < -0.3 is 9.30 Å². The molecule has 3 heterocycles. The Kier molecular flexibility index (Phi) is 5.12. The summed E-state index contributed by atoms with van der Waals surface area (Å²) in [6, 6.07) is 19.7. The third kappa shape index (κ3) is 3.66. The molecule has 0 aliphatic carbocycles. The third-order valence-electron chi connectivity index (χ3n) is 6.33. The van der Waals surface area contributed by atoms with Crippen molar-refractivity contribution in [1.82, 2.24) is 14.0 Å². The van der Waals surface area contributed by atoms with Crippen molar-refractivity contribution in [2.75, 3.05) is 13.1 Å². The minimum Gasteiger partial charge on any atom is -0.489 e. The summed E-state index contributed by atoms with van der Waals surface area (Å²) in [6.45, 7) is 5.83. The average Bonchev–Trinajstić information content (AvgIpc) is 3.09. The molecular weight excluding hydrogens is 386 g/mol. The van der Waals surface area contributed by atoms with Gasteiger partial charge in [0.25, 0.3) is 5.56 Å². The van der Waals surface area contributed by atoms with E-state index in [4.69, 9.17) is 4.74 Å². The summed E-state index contributed by atoms with van der Waals surface area (Å²) >= 11 is 0. The maximum Gasteiger partial charge on any atom is 0.258 e. The normalized spacial score (nSPS) is 14.0. The molecule has 0 saturated heterocycles. The lowest BCUT2D eigenvalue weighted by molar-refractivity contribution is 0.266. The highest BCUT2D eigenvalue weighted by Crippen LogP contribution is 2.31. The highest BCUT2D eigenvalue weighted by atomic mass is 16.5. The third-order valence-corrected chi connectivity index (χ3v) is 6.33. The van der Waals surface area contributed by atoms with Crippen LogP contribution in [0.3, 0.4) is 0 Å². The van der Waals surface area contributed by atoms with E-state index in [1.165, 1.54) is 22.2 Å². The van der Waals surface area contributed by atoms with Crippen LogP contribution < -0.4 is 10.3 Å². The predicted octanol–water partition coefficient (Wildman–Crippen LogP) is 4.29. The molecule has 0 unspecified atom stereocenters. The van der Waals surface area contributed by atoms with Crippen molar-refractivity contribution in [2.24, 2.45) is 7.05 Å². The lowest BCUT2D eigenvalue weighted by Gasteiger charge is -2.26. The van der Waals surface area contributed by atoms with Crippen LogP contribution in [0.25, 0.3) is 16.6 Å². The summed E-state index contributed by atoms with van der Waals surface area (Å²) in [6.07, 6.45) is 2.86. The lowest BCUT2D eigenvalue weighted by Crippen LogP contribution is -2.30. The van der Waals surface area contributed by atoms with Crippen molar-refractivity contribution in [1.29, 1.82) is 0 Å². The van der Waals surface area contributed by atoms with E-state index in [9.17, 15) is 4.79 Å². The first kappa shape index (κ1) is 19.6. The fourth-order valence-corrected chi connectivity index (χ4v) is 4.54. The molecule has 0 saturated carbocycles. The van der Waals surface area contributed by atoms with E-state index in [1.807, 2.05) is 42.5 Å². The molecule has 0 N–H and O–H groups in total. The fourth-order valence-electron chi connectivity index (χ4n) is 4.54. The highest BCUT2D eigenvalue weighted by Gasteiger charge is 2.22. The fraction of sp³-hybridized carbons (Fsp3) is 0.269. The average molecular weight is 414 g/mol. The highest BCUT2D eigenvalue weighted by molar-refractivity contribution is 5.87. The molecule has 0 amide bonds. The molecule has 2 aromatic heterocycles. The SMILES string of the molecule is CCN1CCc2c(c3ccc(-n4ccc(OCc5ccccc5)cc4=O)cc3n2C)C1. The molecule has 4 aromatic rings. The van der Waals surface area contributed by atoms with Crippen molar-refractivity contribution in [2.45, 2.75) is 26.5 Å². The van der Waals surface area contributed by atoms with Crippen LogP contribution in [0.2, 0.25) is 0 Å². The summed E-state index contributed by atoms with van der Waals surface area (Å²) in [5, 5.41) is 1.29.